The van der Waals surface area contributed by atoms with Gasteiger partial charge in [-0.1, -0.05) is 0 Å². The van der Waals surface area contributed by atoms with Gasteiger partial charge in [0.25, 0.3) is 0 Å². The zero-order chi connectivity index (χ0) is 20.8. The fourth-order valence-electron chi connectivity index (χ4n) is 2.67. The van der Waals surface area contributed by atoms with Crippen molar-refractivity contribution in [1.29, 1.82) is 0 Å². The lowest BCUT2D eigenvalue weighted by atomic mass is 10.2. The van der Waals surface area contributed by atoms with Gasteiger partial charge in [-0.05, 0) is 18.2 Å². The number of halogens is 2. The highest BCUT2D eigenvalue weighted by Crippen LogP contribution is 2.34. The van der Waals surface area contributed by atoms with Gasteiger partial charge < -0.3 is 9.47 Å². The van der Waals surface area contributed by atoms with E-state index in [1.807, 2.05) is 0 Å². The molecule has 1 aromatic carbocycles. The zero-order valence-corrected chi connectivity index (χ0v) is 15.4. The van der Waals surface area contributed by atoms with E-state index >= 15 is 0 Å². The summed E-state index contributed by atoms with van der Waals surface area (Å²) in [5, 5.41) is 5.68. The summed E-state index contributed by atoms with van der Waals surface area (Å²) >= 11 is 0. The average Bonchev–Trinajstić information content (AvgIpc) is 2.69. The standard InChI is InChI=1S/C17H11F2N5O4S/c1-27-13-3-2-9-14-12(6-21-16(9)24-13)22-7-23-17(14)28-15-10(18)4-8(5-11(15)19)29(20,25)26/h2-7H,1H3,(H2,20,25,26). The predicted octanol–water partition coefficient (Wildman–Crippen LogP) is 2.30. The summed E-state index contributed by atoms with van der Waals surface area (Å²) in [7, 11) is -2.85. The minimum atomic E-state index is -4.30. The highest BCUT2D eigenvalue weighted by atomic mass is 32.2. The second kappa shape index (κ2) is 6.83. The van der Waals surface area contributed by atoms with Gasteiger partial charge in [0.05, 0.1) is 29.1 Å². The summed E-state index contributed by atoms with van der Waals surface area (Å²) in [5.74, 6) is -3.23. The van der Waals surface area contributed by atoms with Crippen molar-refractivity contribution >= 4 is 32.0 Å². The van der Waals surface area contributed by atoms with Crippen LogP contribution in [0, 0.1) is 11.6 Å². The van der Waals surface area contributed by atoms with Crippen LogP contribution in [0.3, 0.4) is 0 Å². The molecular weight excluding hydrogens is 408 g/mol. The van der Waals surface area contributed by atoms with Crippen molar-refractivity contribution in [3.63, 3.8) is 0 Å². The van der Waals surface area contributed by atoms with Gasteiger partial charge in [-0.25, -0.2) is 37.3 Å². The number of methoxy groups -OCH3 is 1. The van der Waals surface area contributed by atoms with Crippen LogP contribution in [0.25, 0.3) is 21.9 Å². The highest BCUT2D eigenvalue weighted by molar-refractivity contribution is 7.89. The molecule has 0 radical (unpaired) electrons. The first kappa shape index (κ1) is 18.8. The lowest BCUT2D eigenvalue weighted by molar-refractivity contribution is 0.396. The van der Waals surface area contributed by atoms with Gasteiger partial charge in [0.2, 0.25) is 27.5 Å². The van der Waals surface area contributed by atoms with Crippen molar-refractivity contribution in [3.05, 3.63) is 48.4 Å². The number of rotatable bonds is 4. The third kappa shape index (κ3) is 3.39. The van der Waals surface area contributed by atoms with Crippen molar-refractivity contribution in [3.8, 4) is 17.5 Å². The SMILES string of the molecule is COc1ccc2c(ncc3ncnc(Oc4c(F)cc(S(N)(=O)=O)cc4F)c32)n1. The number of hydrogen-bond donors (Lipinski definition) is 1. The number of ether oxygens (including phenoxy) is 2. The van der Waals surface area contributed by atoms with Gasteiger partial charge in [0.15, 0.2) is 17.3 Å². The smallest absolute Gasteiger partial charge is 0.238 e. The molecule has 0 saturated heterocycles. The number of fused-ring (bicyclic) bond motifs is 3. The molecule has 0 saturated carbocycles. The summed E-state index contributed by atoms with van der Waals surface area (Å²) in [6.07, 6.45) is 2.53. The lowest BCUT2D eigenvalue weighted by Crippen LogP contribution is -2.13. The van der Waals surface area contributed by atoms with Crippen LogP contribution in [-0.2, 0) is 10.0 Å². The highest BCUT2D eigenvalue weighted by Gasteiger charge is 2.21. The fraction of sp³-hybridized carbons (Fsp3) is 0.0588. The molecule has 148 valence electrons. The summed E-state index contributed by atoms with van der Waals surface area (Å²) in [4.78, 5) is 15.7. The van der Waals surface area contributed by atoms with Crippen molar-refractivity contribution in [1.82, 2.24) is 19.9 Å². The molecule has 0 fully saturated rings. The molecule has 3 aromatic heterocycles. The third-order valence-electron chi connectivity index (χ3n) is 3.98. The Morgan fingerprint density at radius 1 is 1.07 bits per heavy atom. The molecule has 0 spiro atoms. The predicted molar refractivity (Wildman–Crippen MR) is 97.0 cm³/mol. The Hall–Kier alpha value is -3.51. The summed E-state index contributed by atoms with van der Waals surface area (Å²) < 4.78 is 61.8. The van der Waals surface area contributed by atoms with E-state index in [2.05, 4.69) is 19.9 Å². The molecule has 0 unspecified atom stereocenters. The molecule has 0 aliphatic carbocycles. The molecule has 2 N–H and O–H groups in total. The zero-order valence-electron chi connectivity index (χ0n) is 14.6. The van der Waals surface area contributed by atoms with E-state index in [4.69, 9.17) is 14.6 Å². The van der Waals surface area contributed by atoms with Gasteiger partial charge >= 0.3 is 0 Å². The Bertz CT molecular complexity index is 1360. The number of hydrogen-bond acceptors (Lipinski definition) is 8. The van der Waals surface area contributed by atoms with Crippen molar-refractivity contribution in [2.24, 2.45) is 5.14 Å². The van der Waals surface area contributed by atoms with E-state index in [0.29, 0.717) is 34.3 Å². The Kier molecular flexibility index (Phi) is 4.43. The van der Waals surface area contributed by atoms with Gasteiger partial charge in [0, 0.05) is 11.5 Å². The van der Waals surface area contributed by atoms with E-state index in [1.54, 1.807) is 12.1 Å². The Morgan fingerprint density at radius 3 is 2.45 bits per heavy atom. The molecule has 3 heterocycles. The van der Waals surface area contributed by atoms with Crippen LogP contribution in [0.4, 0.5) is 8.78 Å². The van der Waals surface area contributed by atoms with Crippen LogP contribution in [0.15, 0.2) is 41.7 Å². The summed E-state index contributed by atoms with van der Waals surface area (Å²) in [5.41, 5.74) is 0.624. The monoisotopic (exact) mass is 419 g/mol. The van der Waals surface area contributed by atoms with Crippen LogP contribution in [-0.4, -0.2) is 35.5 Å². The van der Waals surface area contributed by atoms with Gasteiger partial charge in [-0.2, -0.15) is 4.98 Å². The maximum absolute atomic E-state index is 14.4. The van der Waals surface area contributed by atoms with Gasteiger partial charge in [-0.3, -0.25) is 0 Å². The molecule has 12 heteroatoms. The quantitative estimate of drug-likeness (QED) is 0.499. The summed E-state index contributed by atoms with van der Waals surface area (Å²) in [6.45, 7) is 0. The average molecular weight is 419 g/mol. The van der Waals surface area contributed by atoms with E-state index in [-0.39, 0.29) is 11.5 Å². The number of aromatic nitrogens is 4. The largest absolute Gasteiger partial charge is 0.481 e. The molecule has 9 nitrogen and oxygen atoms in total. The second-order valence-electron chi connectivity index (χ2n) is 5.79. The lowest BCUT2D eigenvalue weighted by Gasteiger charge is -2.11. The van der Waals surface area contributed by atoms with E-state index in [0.717, 1.165) is 6.33 Å². The van der Waals surface area contributed by atoms with Crippen LogP contribution in [0.5, 0.6) is 17.5 Å². The number of benzene rings is 1. The molecule has 0 aliphatic heterocycles. The summed E-state index contributed by atoms with van der Waals surface area (Å²) in [6, 6.07) is 4.32. The minimum Gasteiger partial charge on any atom is -0.481 e. The second-order valence-corrected chi connectivity index (χ2v) is 7.35. The van der Waals surface area contributed by atoms with E-state index < -0.39 is 32.3 Å². The molecule has 0 atom stereocenters. The third-order valence-corrected chi connectivity index (χ3v) is 4.87. The van der Waals surface area contributed by atoms with E-state index in [9.17, 15) is 17.2 Å². The topological polar surface area (TPSA) is 130 Å². The first-order valence-electron chi connectivity index (χ1n) is 7.92. The molecular formula is C17H11F2N5O4S. The van der Waals surface area contributed by atoms with Crippen LogP contribution in [0.2, 0.25) is 0 Å². The van der Waals surface area contributed by atoms with Crippen molar-refractivity contribution in [2.75, 3.05) is 7.11 Å². The van der Waals surface area contributed by atoms with Crippen molar-refractivity contribution in [2.45, 2.75) is 4.90 Å². The molecule has 29 heavy (non-hydrogen) atoms. The maximum Gasteiger partial charge on any atom is 0.238 e. The fourth-order valence-corrected chi connectivity index (χ4v) is 3.20. The minimum absolute atomic E-state index is 0.171. The Labute approximate surface area is 162 Å². The first-order valence-corrected chi connectivity index (χ1v) is 9.46. The molecule has 0 aliphatic rings. The van der Waals surface area contributed by atoms with Crippen LogP contribution >= 0.6 is 0 Å². The number of nitrogens with zero attached hydrogens (tertiary/aromatic N) is 4. The van der Waals surface area contributed by atoms with Crippen LogP contribution in [0.1, 0.15) is 0 Å². The Morgan fingerprint density at radius 2 is 1.79 bits per heavy atom. The molecule has 0 amide bonds. The van der Waals surface area contributed by atoms with Crippen LogP contribution < -0.4 is 14.6 Å². The number of nitrogens with two attached hydrogens (primary N) is 1. The van der Waals surface area contributed by atoms with E-state index in [1.165, 1.54) is 13.3 Å². The van der Waals surface area contributed by atoms with Gasteiger partial charge in [-0.15, -0.1) is 0 Å². The molecule has 0 bridgehead atoms. The normalized spacial score (nSPS) is 11.7. The number of primary sulfonamides is 1. The molecule has 4 rings (SSSR count). The number of pyridine rings is 2. The maximum atomic E-state index is 14.4. The first-order chi connectivity index (χ1) is 13.8. The van der Waals surface area contributed by atoms with Gasteiger partial charge in [0.1, 0.15) is 6.33 Å². The van der Waals surface area contributed by atoms with Crippen molar-refractivity contribution < 1.29 is 26.7 Å². The number of sulfonamides is 1. The Balaban J connectivity index is 1.90. The molecule has 4 aromatic rings.